The zero-order chi connectivity index (χ0) is 21.1. The van der Waals surface area contributed by atoms with Crippen LogP contribution in [0.2, 0.25) is 0 Å². The van der Waals surface area contributed by atoms with Crippen molar-refractivity contribution in [1.29, 1.82) is 0 Å². The first-order valence-corrected chi connectivity index (χ1v) is 10.1. The molecule has 0 radical (unpaired) electrons. The van der Waals surface area contributed by atoms with Crippen molar-refractivity contribution in [3.8, 4) is 16.9 Å². The largest absolute Gasteiger partial charge is 0.497 e. The predicted octanol–water partition coefficient (Wildman–Crippen LogP) is 1.36. The summed E-state index contributed by atoms with van der Waals surface area (Å²) in [5.74, 6) is -1.29. The van der Waals surface area contributed by atoms with E-state index in [1.807, 2.05) is 0 Å². The minimum Gasteiger partial charge on any atom is -0.497 e. The van der Waals surface area contributed by atoms with E-state index in [1.165, 1.54) is 54.5 Å². The van der Waals surface area contributed by atoms with Gasteiger partial charge in [-0.1, -0.05) is 0 Å². The predicted molar refractivity (Wildman–Crippen MR) is 100 cm³/mol. The normalized spacial score (nSPS) is 13.6. The van der Waals surface area contributed by atoms with Gasteiger partial charge in [0.25, 0.3) is 11.5 Å². The number of sulfone groups is 1. The second kappa shape index (κ2) is 8.11. The molecule has 0 aliphatic rings. The van der Waals surface area contributed by atoms with Crippen molar-refractivity contribution in [2.75, 3.05) is 13.4 Å². The zero-order valence-electron chi connectivity index (χ0n) is 15.6. The molecule has 0 saturated heterocycles. The topological polar surface area (TPSA) is 115 Å². The van der Waals surface area contributed by atoms with Gasteiger partial charge < -0.3 is 9.30 Å². The number of nitrogens with one attached hydrogen (secondary N) is 1. The molecular weight excluding hydrogens is 391 g/mol. The molecule has 1 aromatic carbocycles. The summed E-state index contributed by atoms with van der Waals surface area (Å²) in [4.78, 5) is 24.2. The summed E-state index contributed by atoms with van der Waals surface area (Å²) in [6, 6.07) is 6.98. The number of aryl methyl sites for hydroxylation is 1. The number of hydroxylamine groups is 1. The van der Waals surface area contributed by atoms with E-state index in [9.17, 15) is 22.4 Å². The average Bonchev–Trinajstić information content (AvgIpc) is 2.64. The molecule has 1 amide bonds. The lowest BCUT2D eigenvalue weighted by molar-refractivity contribution is -0.131. The number of nitrogens with zero attached hydrogens (tertiary/aromatic N) is 1. The van der Waals surface area contributed by atoms with Crippen LogP contribution in [0.4, 0.5) is 4.39 Å². The van der Waals surface area contributed by atoms with E-state index in [0.717, 1.165) is 6.26 Å². The van der Waals surface area contributed by atoms with E-state index in [0.29, 0.717) is 11.3 Å². The van der Waals surface area contributed by atoms with Gasteiger partial charge in [0.15, 0.2) is 14.6 Å². The number of carbonyl (C=O) groups excluding carboxylic acids is 1. The van der Waals surface area contributed by atoms with E-state index < -0.39 is 31.9 Å². The Morgan fingerprint density at radius 1 is 1.32 bits per heavy atom. The van der Waals surface area contributed by atoms with E-state index in [4.69, 9.17) is 9.94 Å². The maximum Gasteiger partial charge on any atom is 0.264 e. The van der Waals surface area contributed by atoms with Crippen LogP contribution in [-0.4, -0.2) is 42.2 Å². The lowest BCUT2D eigenvalue weighted by Crippen LogP contribution is -2.49. The fourth-order valence-electron chi connectivity index (χ4n) is 2.64. The van der Waals surface area contributed by atoms with Gasteiger partial charge in [0, 0.05) is 36.7 Å². The fourth-order valence-corrected chi connectivity index (χ4v) is 3.48. The number of aromatic nitrogens is 1. The molecule has 1 aromatic heterocycles. The third-order valence-corrected chi connectivity index (χ3v) is 6.74. The van der Waals surface area contributed by atoms with E-state index in [-0.39, 0.29) is 18.5 Å². The second-order valence-electron chi connectivity index (χ2n) is 6.49. The van der Waals surface area contributed by atoms with Gasteiger partial charge in [-0.3, -0.25) is 14.8 Å². The molecule has 2 rings (SSSR count). The van der Waals surface area contributed by atoms with Gasteiger partial charge in [0.2, 0.25) is 0 Å². The van der Waals surface area contributed by atoms with Crippen molar-refractivity contribution in [3.63, 3.8) is 0 Å². The highest BCUT2D eigenvalue weighted by atomic mass is 32.2. The molecule has 0 saturated carbocycles. The van der Waals surface area contributed by atoms with E-state index in [2.05, 4.69) is 0 Å². The molecule has 8 nitrogen and oxygen atoms in total. The Bertz CT molecular complexity index is 1050. The highest BCUT2D eigenvalue weighted by molar-refractivity contribution is 7.92. The summed E-state index contributed by atoms with van der Waals surface area (Å²) in [5.41, 5.74) is 1.42. The van der Waals surface area contributed by atoms with Crippen LogP contribution in [0.5, 0.6) is 5.75 Å². The minimum absolute atomic E-state index is 0.0960. The highest BCUT2D eigenvalue weighted by Crippen LogP contribution is 2.26. The molecule has 2 N–H and O–H groups in total. The number of pyridine rings is 1. The van der Waals surface area contributed by atoms with Crippen molar-refractivity contribution in [3.05, 3.63) is 52.7 Å². The molecular formula is C18H21FN2O6S. The lowest BCUT2D eigenvalue weighted by Gasteiger charge is -2.25. The van der Waals surface area contributed by atoms with Crippen LogP contribution in [0.15, 0.2) is 41.3 Å². The van der Waals surface area contributed by atoms with Gasteiger partial charge in [-0.15, -0.1) is 0 Å². The first-order chi connectivity index (χ1) is 13.0. The van der Waals surface area contributed by atoms with Gasteiger partial charge in [-0.05, 0) is 37.1 Å². The smallest absolute Gasteiger partial charge is 0.264 e. The SMILES string of the molecule is COc1ccc(-c2ccn(CCC(C)(C(=O)NO)S(C)(=O)=O)c(=O)c2)c(F)c1. The molecule has 0 aliphatic heterocycles. The number of carbonyl (C=O) groups is 1. The van der Waals surface area contributed by atoms with Crippen LogP contribution in [0.25, 0.3) is 11.1 Å². The Hall–Kier alpha value is -2.72. The van der Waals surface area contributed by atoms with Gasteiger partial charge in [-0.25, -0.2) is 18.3 Å². The van der Waals surface area contributed by atoms with Crippen LogP contribution < -0.4 is 15.8 Å². The summed E-state index contributed by atoms with van der Waals surface area (Å²) in [5, 5.41) is 8.83. The molecule has 2 aromatic rings. The van der Waals surface area contributed by atoms with Crippen molar-refractivity contribution in [2.24, 2.45) is 0 Å². The van der Waals surface area contributed by atoms with Gasteiger partial charge in [0.05, 0.1) is 7.11 Å². The van der Waals surface area contributed by atoms with Gasteiger partial charge in [0.1, 0.15) is 11.6 Å². The first-order valence-electron chi connectivity index (χ1n) is 8.22. The number of benzene rings is 1. The molecule has 28 heavy (non-hydrogen) atoms. The van der Waals surface area contributed by atoms with Crippen LogP contribution in [0.3, 0.4) is 0 Å². The second-order valence-corrected chi connectivity index (χ2v) is 8.93. The molecule has 1 unspecified atom stereocenters. The van der Waals surface area contributed by atoms with Gasteiger partial charge in [-0.2, -0.15) is 0 Å². The van der Waals surface area contributed by atoms with E-state index >= 15 is 0 Å². The van der Waals surface area contributed by atoms with Crippen molar-refractivity contribution in [2.45, 2.75) is 24.6 Å². The number of amides is 1. The average molecular weight is 412 g/mol. The molecule has 0 spiro atoms. The monoisotopic (exact) mass is 412 g/mol. The van der Waals surface area contributed by atoms with Crippen LogP contribution in [-0.2, 0) is 21.2 Å². The number of methoxy groups -OCH3 is 1. The number of hydrogen-bond acceptors (Lipinski definition) is 6. The Morgan fingerprint density at radius 3 is 2.50 bits per heavy atom. The Labute approximate surface area is 161 Å². The lowest BCUT2D eigenvalue weighted by atomic mass is 10.1. The number of ether oxygens (including phenoxy) is 1. The number of hydrogen-bond donors (Lipinski definition) is 2. The van der Waals surface area contributed by atoms with Crippen molar-refractivity contribution >= 4 is 15.7 Å². The summed E-state index contributed by atoms with van der Waals surface area (Å²) in [6.07, 6.45) is 2.02. The van der Waals surface area contributed by atoms with Crippen molar-refractivity contribution in [1.82, 2.24) is 10.0 Å². The van der Waals surface area contributed by atoms with Crippen molar-refractivity contribution < 1.29 is 27.5 Å². The van der Waals surface area contributed by atoms with Crippen LogP contribution in [0.1, 0.15) is 13.3 Å². The highest BCUT2D eigenvalue weighted by Gasteiger charge is 2.43. The molecule has 0 fully saturated rings. The molecule has 1 heterocycles. The number of halogens is 1. The molecule has 0 bridgehead atoms. The number of rotatable bonds is 7. The summed E-state index contributed by atoms with van der Waals surface area (Å²) in [6.45, 7) is 1.07. The summed E-state index contributed by atoms with van der Waals surface area (Å²) < 4.78 is 42.4. The maximum absolute atomic E-state index is 14.2. The van der Waals surface area contributed by atoms with Crippen LogP contribution in [0, 0.1) is 5.82 Å². The molecule has 10 heteroatoms. The Kier molecular flexibility index (Phi) is 6.25. The zero-order valence-corrected chi connectivity index (χ0v) is 16.4. The Balaban J connectivity index is 2.30. The molecule has 0 aliphatic carbocycles. The minimum atomic E-state index is -3.87. The quantitative estimate of drug-likeness (QED) is 0.524. The molecule has 1 atom stereocenters. The Morgan fingerprint density at radius 2 is 2.00 bits per heavy atom. The fraction of sp³-hybridized carbons (Fsp3) is 0.333. The molecule has 152 valence electrons. The summed E-state index contributed by atoms with van der Waals surface area (Å²) >= 11 is 0. The van der Waals surface area contributed by atoms with Crippen LogP contribution >= 0.6 is 0 Å². The van der Waals surface area contributed by atoms with E-state index in [1.54, 1.807) is 6.07 Å². The summed E-state index contributed by atoms with van der Waals surface area (Å²) in [7, 11) is -2.46. The third kappa shape index (κ3) is 4.23. The standard InChI is InChI=1S/C18H21FN2O6S/c1-18(17(23)20-24,28(3,25)26)7-9-21-8-6-12(10-16(21)22)14-5-4-13(27-2)11-15(14)19/h4-6,8,10-11,24H,7,9H2,1-3H3,(H,20,23). The third-order valence-electron chi connectivity index (χ3n) is 4.71. The maximum atomic E-state index is 14.2. The first kappa shape index (κ1) is 21.6. The van der Waals surface area contributed by atoms with Gasteiger partial charge >= 0.3 is 0 Å².